The Kier molecular flexibility index (Phi) is 6.26. The van der Waals surface area contributed by atoms with E-state index in [1.54, 1.807) is 12.1 Å². The Morgan fingerprint density at radius 3 is 2.36 bits per heavy atom. The predicted molar refractivity (Wildman–Crippen MR) is 107 cm³/mol. The van der Waals surface area contributed by atoms with Crippen LogP contribution in [0.3, 0.4) is 0 Å². The van der Waals surface area contributed by atoms with Gasteiger partial charge in [-0.2, -0.15) is 0 Å². The summed E-state index contributed by atoms with van der Waals surface area (Å²) in [4.78, 5) is 28.6. The highest BCUT2D eigenvalue weighted by molar-refractivity contribution is 6.08. The summed E-state index contributed by atoms with van der Waals surface area (Å²) >= 11 is 0. The Balaban J connectivity index is 1.75. The number of hydrogen-bond donors (Lipinski definition) is 2. The van der Waals surface area contributed by atoms with Crippen molar-refractivity contribution in [1.29, 1.82) is 0 Å². The molecule has 7 heteroatoms. The lowest BCUT2D eigenvalue weighted by Gasteiger charge is -2.36. The van der Waals surface area contributed by atoms with Crippen molar-refractivity contribution < 1.29 is 19.1 Å². The first kappa shape index (κ1) is 19.8. The highest BCUT2D eigenvalue weighted by Gasteiger charge is 2.20. The molecule has 0 atom stereocenters. The first-order valence-electron chi connectivity index (χ1n) is 9.39. The van der Waals surface area contributed by atoms with Gasteiger partial charge >= 0.3 is 5.97 Å². The molecule has 6 nitrogen and oxygen atoms in total. The number of amides is 1. The van der Waals surface area contributed by atoms with Gasteiger partial charge in [-0.3, -0.25) is 9.69 Å². The molecule has 28 heavy (non-hydrogen) atoms. The number of aromatic carboxylic acids is 1. The van der Waals surface area contributed by atoms with Gasteiger partial charge in [-0.15, -0.1) is 0 Å². The Morgan fingerprint density at radius 2 is 1.75 bits per heavy atom. The number of hydrogen-bond acceptors (Lipinski definition) is 4. The third kappa shape index (κ3) is 4.67. The summed E-state index contributed by atoms with van der Waals surface area (Å²) in [6.45, 7) is 6.78. The number of halogens is 1. The number of rotatable bonds is 6. The minimum Gasteiger partial charge on any atom is -0.478 e. The number of nitrogens with one attached hydrogen (secondary N) is 1. The number of carboxylic acid groups (broad SMARTS) is 1. The highest BCUT2D eigenvalue weighted by Crippen LogP contribution is 2.25. The van der Waals surface area contributed by atoms with E-state index in [0.29, 0.717) is 0 Å². The van der Waals surface area contributed by atoms with Gasteiger partial charge in [-0.05, 0) is 55.4 Å². The molecule has 2 N–H and O–H groups in total. The fourth-order valence-electron chi connectivity index (χ4n) is 3.36. The van der Waals surface area contributed by atoms with Crippen molar-refractivity contribution in [3.8, 4) is 0 Å². The first-order valence-corrected chi connectivity index (χ1v) is 9.39. The molecular weight excluding hydrogens is 361 g/mol. The van der Waals surface area contributed by atoms with Crippen LogP contribution in [0.5, 0.6) is 0 Å². The topological polar surface area (TPSA) is 72.9 Å². The second kappa shape index (κ2) is 8.84. The second-order valence-electron chi connectivity index (χ2n) is 6.82. The molecule has 0 spiro atoms. The monoisotopic (exact) mass is 385 g/mol. The van der Waals surface area contributed by atoms with Gasteiger partial charge in [0.15, 0.2) is 0 Å². The van der Waals surface area contributed by atoms with Crippen LogP contribution in [0.2, 0.25) is 0 Å². The molecule has 1 amide bonds. The lowest BCUT2D eigenvalue weighted by molar-refractivity contribution is 0.0698. The van der Waals surface area contributed by atoms with Gasteiger partial charge in [0.05, 0.1) is 11.3 Å². The molecule has 0 aromatic heterocycles. The smallest absolute Gasteiger partial charge is 0.337 e. The van der Waals surface area contributed by atoms with E-state index >= 15 is 0 Å². The molecule has 148 valence electrons. The maximum Gasteiger partial charge on any atom is 0.337 e. The van der Waals surface area contributed by atoms with Crippen LogP contribution in [-0.2, 0) is 0 Å². The average molecular weight is 385 g/mol. The van der Waals surface area contributed by atoms with Crippen molar-refractivity contribution in [2.75, 3.05) is 42.9 Å². The Bertz CT molecular complexity index is 846. The SMILES string of the molecule is CCCN1CCN(c2ccc(NC(=O)c3ccc(F)cc3)c(C(=O)O)c2)CC1. The van der Waals surface area contributed by atoms with Gasteiger partial charge in [0, 0.05) is 37.4 Å². The molecule has 1 saturated heterocycles. The zero-order chi connectivity index (χ0) is 20.1. The number of carboxylic acids is 1. The van der Waals surface area contributed by atoms with Crippen LogP contribution >= 0.6 is 0 Å². The lowest BCUT2D eigenvalue weighted by atomic mass is 10.1. The van der Waals surface area contributed by atoms with Crippen molar-refractivity contribution in [2.24, 2.45) is 0 Å². The van der Waals surface area contributed by atoms with E-state index in [4.69, 9.17) is 0 Å². The summed E-state index contributed by atoms with van der Waals surface area (Å²) < 4.78 is 13.0. The Labute approximate surface area is 163 Å². The number of carbonyl (C=O) groups excluding carboxylic acids is 1. The Hall–Kier alpha value is -2.93. The maximum atomic E-state index is 13.0. The minimum absolute atomic E-state index is 0.0314. The lowest BCUT2D eigenvalue weighted by Crippen LogP contribution is -2.46. The van der Waals surface area contributed by atoms with Gasteiger partial charge in [0.1, 0.15) is 5.82 Å². The molecule has 0 radical (unpaired) electrons. The molecule has 2 aromatic rings. The fourth-order valence-corrected chi connectivity index (χ4v) is 3.36. The van der Waals surface area contributed by atoms with E-state index in [0.717, 1.165) is 44.8 Å². The normalized spacial score (nSPS) is 14.7. The van der Waals surface area contributed by atoms with Crippen LogP contribution in [0.15, 0.2) is 42.5 Å². The molecule has 3 rings (SSSR count). The molecule has 1 aliphatic heterocycles. The largest absolute Gasteiger partial charge is 0.478 e. The summed E-state index contributed by atoms with van der Waals surface area (Å²) in [6.07, 6.45) is 1.12. The summed E-state index contributed by atoms with van der Waals surface area (Å²) in [7, 11) is 0. The predicted octanol–water partition coefficient (Wildman–Crippen LogP) is 3.31. The van der Waals surface area contributed by atoms with Crippen LogP contribution in [0.1, 0.15) is 34.1 Å². The number of nitrogens with zero attached hydrogens (tertiary/aromatic N) is 2. The van der Waals surface area contributed by atoms with E-state index in [1.807, 2.05) is 6.07 Å². The number of anilines is 2. The van der Waals surface area contributed by atoms with Crippen molar-refractivity contribution >= 4 is 23.3 Å². The number of carbonyl (C=O) groups is 2. The third-order valence-corrected chi connectivity index (χ3v) is 4.87. The molecule has 0 unspecified atom stereocenters. The van der Waals surface area contributed by atoms with E-state index in [9.17, 15) is 19.1 Å². The van der Waals surface area contributed by atoms with Crippen molar-refractivity contribution in [1.82, 2.24) is 4.90 Å². The number of benzene rings is 2. The van der Waals surface area contributed by atoms with Crippen LogP contribution in [0.25, 0.3) is 0 Å². The van der Waals surface area contributed by atoms with Crippen LogP contribution in [0.4, 0.5) is 15.8 Å². The molecule has 2 aromatic carbocycles. The molecular formula is C21H24FN3O3. The zero-order valence-corrected chi connectivity index (χ0v) is 15.8. The van der Waals surface area contributed by atoms with Gasteiger partial charge < -0.3 is 15.3 Å². The molecule has 1 heterocycles. The third-order valence-electron chi connectivity index (χ3n) is 4.87. The molecule has 0 bridgehead atoms. The van der Waals surface area contributed by atoms with Crippen LogP contribution in [-0.4, -0.2) is 54.6 Å². The second-order valence-corrected chi connectivity index (χ2v) is 6.82. The maximum absolute atomic E-state index is 13.0. The minimum atomic E-state index is -1.11. The average Bonchev–Trinajstić information content (AvgIpc) is 2.69. The van der Waals surface area contributed by atoms with Crippen molar-refractivity contribution in [3.63, 3.8) is 0 Å². The van der Waals surface area contributed by atoms with Gasteiger partial charge in [-0.25, -0.2) is 9.18 Å². The van der Waals surface area contributed by atoms with Crippen LogP contribution in [0, 0.1) is 5.82 Å². The van der Waals surface area contributed by atoms with Gasteiger partial charge in [0.2, 0.25) is 0 Å². The molecule has 1 fully saturated rings. The highest BCUT2D eigenvalue weighted by atomic mass is 19.1. The van der Waals surface area contributed by atoms with E-state index in [1.165, 1.54) is 24.3 Å². The van der Waals surface area contributed by atoms with E-state index < -0.39 is 17.7 Å². The molecule has 0 aliphatic carbocycles. The summed E-state index contributed by atoms with van der Waals surface area (Å²) in [6, 6.07) is 10.1. The van der Waals surface area contributed by atoms with Crippen LogP contribution < -0.4 is 10.2 Å². The van der Waals surface area contributed by atoms with E-state index in [2.05, 4.69) is 22.0 Å². The fraction of sp³-hybridized carbons (Fsp3) is 0.333. The quantitative estimate of drug-likeness (QED) is 0.798. The molecule has 0 saturated carbocycles. The van der Waals surface area contributed by atoms with Gasteiger partial charge in [0.25, 0.3) is 5.91 Å². The summed E-state index contributed by atoms with van der Waals surface area (Å²) in [5, 5.41) is 12.2. The molecule has 1 aliphatic rings. The summed E-state index contributed by atoms with van der Waals surface area (Å²) in [5.74, 6) is -2.03. The summed E-state index contributed by atoms with van der Waals surface area (Å²) in [5.41, 5.74) is 1.33. The van der Waals surface area contributed by atoms with E-state index in [-0.39, 0.29) is 16.8 Å². The Morgan fingerprint density at radius 1 is 1.07 bits per heavy atom. The van der Waals surface area contributed by atoms with Crippen molar-refractivity contribution in [2.45, 2.75) is 13.3 Å². The number of piperazine rings is 1. The van der Waals surface area contributed by atoms with Crippen molar-refractivity contribution in [3.05, 3.63) is 59.4 Å². The first-order chi connectivity index (χ1) is 13.5. The standard InChI is InChI=1S/C21H24FN3O3/c1-2-9-24-10-12-25(13-11-24)17-7-8-19(18(14-17)21(27)28)23-20(26)15-3-5-16(22)6-4-15/h3-8,14H,2,9-13H2,1H3,(H,23,26)(H,27,28). The zero-order valence-electron chi connectivity index (χ0n) is 15.8. The van der Waals surface area contributed by atoms with Gasteiger partial charge in [-0.1, -0.05) is 6.92 Å².